The van der Waals surface area contributed by atoms with E-state index in [2.05, 4.69) is 5.32 Å². The van der Waals surface area contributed by atoms with Crippen molar-refractivity contribution in [3.05, 3.63) is 22.4 Å². The standard InChI is InChI=1S/C11H18N2OS.ClH/c1-7(2)10(12)11(14)13-8(3)9-5-4-6-15-9;/h4-8,10H,12H2,1-3H3,(H,13,14);1H/t8?,10-;/m1./s1. The smallest absolute Gasteiger partial charge is 0.237 e. The van der Waals surface area contributed by atoms with Crippen molar-refractivity contribution in [1.82, 2.24) is 5.32 Å². The van der Waals surface area contributed by atoms with Crippen LogP contribution in [0.4, 0.5) is 0 Å². The highest BCUT2D eigenvalue weighted by atomic mass is 35.5. The number of hydrogen-bond acceptors (Lipinski definition) is 3. The van der Waals surface area contributed by atoms with Crippen molar-refractivity contribution in [2.45, 2.75) is 32.9 Å². The van der Waals surface area contributed by atoms with Gasteiger partial charge >= 0.3 is 0 Å². The van der Waals surface area contributed by atoms with Gasteiger partial charge in [-0.3, -0.25) is 4.79 Å². The fraction of sp³-hybridized carbons (Fsp3) is 0.545. The molecule has 5 heteroatoms. The van der Waals surface area contributed by atoms with E-state index < -0.39 is 6.04 Å². The van der Waals surface area contributed by atoms with Gasteiger partial charge in [-0.1, -0.05) is 19.9 Å². The molecule has 92 valence electrons. The zero-order chi connectivity index (χ0) is 11.4. The molecule has 0 aromatic carbocycles. The van der Waals surface area contributed by atoms with Gasteiger partial charge in [0.1, 0.15) is 0 Å². The van der Waals surface area contributed by atoms with Crippen molar-refractivity contribution < 1.29 is 4.79 Å². The quantitative estimate of drug-likeness (QED) is 0.875. The molecule has 3 nitrogen and oxygen atoms in total. The van der Waals surface area contributed by atoms with Gasteiger partial charge in [-0.05, 0) is 24.3 Å². The Hall–Kier alpha value is -0.580. The third-order valence-corrected chi connectivity index (χ3v) is 3.40. The summed E-state index contributed by atoms with van der Waals surface area (Å²) < 4.78 is 0. The van der Waals surface area contributed by atoms with E-state index in [1.54, 1.807) is 11.3 Å². The number of amides is 1. The predicted octanol–water partition coefficient (Wildman–Crippen LogP) is 2.33. The average Bonchev–Trinajstić information content (AvgIpc) is 2.68. The van der Waals surface area contributed by atoms with Crippen LogP contribution >= 0.6 is 23.7 Å². The number of rotatable bonds is 4. The van der Waals surface area contributed by atoms with Gasteiger partial charge in [0.05, 0.1) is 12.1 Å². The third-order valence-electron chi connectivity index (χ3n) is 2.35. The van der Waals surface area contributed by atoms with E-state index in [0.717, 1.165) is 4.88 Å². The summed E-state index contributed by atoms with van der Waals surface area (Å²) in [6.07, 6.45) is 0. The maximum atomic E-state index is 11.7. The van der Waals surface area contributed by atoms with Crippen LogP contribution in [0, 0.1) is 5.92 Å². The summed E-state index contributed by atoms with van der Waals surface area (Å²) in [4.78, 5) is 12.8. The molecule has 0 aliphatic heterocycles. The van der Waals surface area contributed by atoms with Gasteiger partial charge in [0.2, 0.25) is 5.91 Å². The fourth-order valence-electron chi connectivity index (χ4n) is 1.22. The lowest BCUT2D eigenvalue weighted by atomic mass is 10.0. The normalized spacial score (nSPS) is 14.1. The Kier molecular flexibility index (Phi) is 6.64. The summed E-state index contributed by atoms with van der Waals surface area (Å²) in [5.41, 5.74) is 5.75. The Morgan fingerprint density at radius 2 is 2.06 bits per heavy atom. The summed E-state index contributed by atoms with van der Waals surface area (Å²) in [6.45, 7) is 5.86. The highest BCUT2D eigenvalue weighted by Gasteiger charge is 2.19. The summed E-state index contributed by atoms with van der Waals surface area (Å²) in [5.74, 6) is 0.0893. The molecule has 1 unspecified atom stereocenters. The van der Waals surface area contributed by atoms with Crippen LogP contribution in [-0.2, 0) is 4.79 Å². The van der Waals surface area contributed by atoms with Crippen LogP contribution in [0.15, 0.2) is 17.5 Å². The second-order valence-electron chi connectivity index (χ2n) is 4.02. The number of carbonyl (C=O) groups is 1. The molecule has 0 spiro atoms. The minimum Gasteiger partial charge on any atom is -0.347 e. The molecule has 2 atom stereocenters. The molecule has 1 aromatic heterocycles. The minimum absolute atomic E-state index is 0. The minimum atomic E-state index is -0.424. The Morgan fingerprint density at radius 1 is 1.44 bits per heavy atom. The molecule has 3 N–H and O–H groups in total. The first kappa shape index (κ1) is 15.4. The predicted molar refractivity (Wildman–Crippen MR) is 70.9 cm³/mol. The molecule has 0 fully saturated rings. The Balaban J connectivity index is 0.00000225. The van der Waals surface area contributed by atoms with E-state index in [9.17, 15) is 4.79 Å². The molecule has 1 aromatic rings. The van der Waals surface area contributed by atoms with Crippen LogP contribution in [-0.4, -0.2) is 11.9 Å². The fourth-order valence-corrected chi connectivity index (χ4v) is 1.96. The largest absolute Gasteiger partial charge is 0.347 e. The SMILES string of the molecule is CC(NC(=O)[C@H](N)C(C)C)c1cccs1.Cl. The maximum absolute atomic E-state index is 11.7. The van der Waals surface area contributed by atoms with Gasteiger partial charge in [-0.15, -0.1) is 23.7 Å². The Labute approximate surface area is 107 Å². The molecular formula is C11H19ClN2OS. The Bertz CT molecular complexity index is 314. The first-order valence-electron chi connectivity index (χ1n) is 5.11. The van der Waals surface area contributed by atoms with Gasteiger partial charge in [0.15, 0.2) is 0 Å². The topological polar surface area (TPSA) is 55.1 Å². The molecule has 0 saturated heterocycles. The molecule has 1 rings (SSSR count). The van der Waals surface area contributed by atoms with Crippen LogP contribution in [0.3, 0.4) is 0 Å². The number of nitrogens with one attached hydrogen (secondary N) is 1. The van der Waals surface area contributed by atoms with Gasteiger partial charge in [0.25, 0.3) is 0 Å². The molecule has 0 saturated carbocycles. The number of nitrogens with two attached hydrogens (primary N) is 1. The zero-order valence-corrected chi connectivity index (χ0v) is 11.4. The number of carbonyl (C=O) groups excluding carboxylic acids is 1. The molecule has 0 aliphatic rings. The van der Waals surface area contributed by atoms with Crippen molar-refractivity contribution in [1.29, 1.82) is 0 Å². The van der Waals surface area contributed by atoms with E-state index in [1.165, 1.54) is 0 Å². The second kappa shape index (κ2) is 6.89. The van der Waals surface area contributed by atoms with E-state index in [1.807, 2.05) is 38.3 Å². The summed E-state index contributed by atoms with van der Waals surface area (Å²) in [7, 11) is 0. The van der Waals surface area contributed by atoms with E-state index in [-0.39, 0.29) is 30.3 Å². The molecule has 1 amide bonds. The molecular weight excluding hydrogens is 244 g/mol. The van der Waals surface area contributed by atoms with Crippen molar-refractivity contribution in [3.8, 4) is 0 Å². The lowest BCUT2D eigenvalue weighted by Gasteiger charge is -2.18. The van der Waals surface area contributed by atoms with E-state index in [0.29, 0.717) is 0 Å². The highest BCUT2D eigenvalue weighted by molar-refractivity contribution is 7.10. The maximum Gasteiger partial charge on any atom is 0.237 e. The van der Waals surface area contributed by atoms with Crippen molar-refractivity contribution in [2.75, 3.05) is 0 Å². The first-order valence-corrected chi connectivity index (χ1v) is 5.99. The summed E-state index contributed by atoms with van der Waals surface area (Å²) >= 11 is 1.64. The average molecular weight is 263 g/mol. The third kappa shape index (κ3) is 4.12. The monoisotopic (exact) mass is 262 g/mol. The molecule has 0 aliphatic carbocycles. The van der Waals surface area contributed by atoms with Crippen LogP contribution in [0.25, 0.3) is 0 Å². The Morgan fingerprint density at radius 3 is 2.50 bits per heavy atom. The number of hydrogen-bond donors (Lipinski definition) is 2. The van der Waals surface area contributed by atoms with Crippen LogP contribution in [0.1, 0.15) is 31.7 Å². The lowest BCUT2D eigenvalue weighted by molar-refractivity contribution is -0.123. The van der Waals surface area contributed by atoms with Gasteiger partial charge in [-0.2, -0.15) is 0 Å². The van der Waals surface area contributed by atoms with Crippen LogP contribution in [0.5, 0.6) is 0 Å². The summed E-state index contributed by atoms with van der Waals surface area (Å²) in [5, 5.41) is 4.91. The first-order chi connectivity index (χ1) is 7.02. The van der Waals surface area contributed by atoms with Crippen molar-refractivity contribution >= 4 is 29.7 Å². The summed E-state index contributed by atoms with van der Waals surface area (Å²) in [6, 6.07) is 3.61. The van der Waals surface area contributed by atoms with Crippen LogP contribution in [0.2, 0.25) is 0 Å². The molecule has 0 radical (unpaired) electrons. The van der Waals surface area contributed by atoms with E-state index >= 15 is 0 Å². The lowest BCUT2D eigenvalue weighted by Crippen LogP contribution is -2.44. The van der Waals surface area contributed by atoms with Gasteiger partial charge in [-0.25, -0.2) is 0 Å². The van der Waals surface area contributed by atoms with Gasteiger partial charge < -0.3 is 11.1 Å². The molecule has 0 bridgehead atoms. The molecule has 1 heterocycles. The van der Waals surface area contributed by atoms with Gasteiger partial charge in [0, 0.05) is 4.88 Å². The second-order valence-corrected chi connectivity index (χ2v) is 4.99. The van der Waals surface area contributed by atoms with Crippen LogP contribution < -0.4 is 11.1 Å². The molecule has 16 heavy (non-hydrogen) atoms. The zero-order valence-electron chi connectivity index (χ0n) is 9.77. The highest BCUT2D eigenvalue weighted by Crippen LogP contribution is 2.18. The van der Waals surface area contributed by atoms with Crippen molar-refractivity contribution in [2.24, 2.45) is 11.7 Å². The van der Waals surface area contributed by atoms with E-state index in [4.69, 9.17) is 5.73 Å². The number of thiophene rings is 1. The van der Waals surface area contributed by atoms with Crippen molar-refractivity contribution in [3.63, 3.8) is 0 Å². The number of halogens is 1.